The van der Waals surface area contributed by atoms with Gasteiger partial charge in [0, 0.05) is 5.56 Å². The number of nitrogens with two attached hydrogens (primary N) is 1. The van der Waals surface area contributed by atoms with Gasteiger partial charge in [0.15, 0.2) is 0 Å². The van der Waals surface area contributed by atoms with Crippen molar-refractivity contribution in [1.82, 2.24) is 9.78 Å². The molecule has 4 nitrogen and oxygen atoms in total. The number of benzene rings is 1. The quantitative estimate of drug-likeness (QED) is 0.864. The Morgan fingerprint density at radius 2 is 1.94 bits per heavy atom. The summed E-state index contributed by atoms with van der Waals surface area (Å²) in [5, 5.41) is 12.7. The standard InChI is InChI=1S/C11H10F3N3O/c12-11(13,14)8-3-1-2-4-9(8)17-10(15)7(6-18)5-16-17/h1-5,18H,6,15H2. The van der Waals surface area contributed by atoms with Crippen molar-refractivity contribution in [2.24, 2.45) is 0 Å². The van der Waals surface area contributed by atoms with Crippen LogP contribution in [-0.4, -0.2) is 14.9 Å². The molecule has 0 atom stereocenters. The number of alkyl halides is 3. The zero-order valence-electron chi connectivity index (χ0n) is 9.15. The largest absolute Gasteiger partial charge is 0.418 e. The maximum absolute atomic E-state index is 12.8. The Bertz CT molecular complexity index is 563. The summed E-state index contributed by atoms with van der Waals surface area (Å²) in [6, 6.07) is 4.98. The van der Waals surface area contributed by atoms with E-state index >= 15 is 0 Å². The Morgan fingerprint density at radius 3 is 2.50 bits per heavy atom. The highest BCUT2D eigenvalue weighted by Gasteiger charge is 2.34. The normalized spacial score (nSPS) is 11.8. The first-order valence-corrected chi connectivity index (χ1v) is 5.05. The summed E-state index contributed by atoms with van der Waals surface area (Å²) >= 11 is 0. The molecule has 7 heteroatoms. The monoisotopic (exact) mass is 257 g/mol. The number of aliphatic hydroxyl groups excluding tert-OH is 1. The molecular weight excluding hydrogens is 247 g/mol. The van der Waals surface area contributed by atoms with Crippen LogP contribution in [-0.2, 0) is 12.8 Å². The number of anilines is 1. The van der Waals surface area contributed by atoms with Crippen molar-refractivity contribution >= 4 is 5.82 Å². The van der Waals surface area contributed by atoms with Gasteiger partial charge in [-0.3, -0.25) is 0 Å². The first-order chi connectivity index (χ1) is 8.45. The van der Waals surface area contributed by atoms with E-state index in [1.165, 1.54) is 24.4 Å². The highest BCUT2D eigenvalue weighted by Crippen LogP contribution is 2.34. The Hall–Kier alpha value is -2.02. The van der Waals surface area contributed by atoms with E-state index in [1.54, 1.807) is 0 Å². The van der Waals surface area contributed by atoms with E-state index in [9.17, 15) is 13.2 Å². The predicted molar refractivity (Wildman–Crippen MR) is 58.9 cm³/mol. The van der Waals surface area contributed by atoms with E-state index in [0.717, 1.165) is 10.7 Å². The summed E-state index contributed by atoms with van der Waals surface area (Å²) in [7, 11) is 0. The van der Waals surface area contributed by atoms with E-state index in [-0.39, 0.29) is 23.7 Å². The Labute approximate surface area is 100 Å². The molecule has 0 unspecified atom stereocenters. The van der Waals surface area contributed by atoms with Crippen molar-refractivity contribution in [2.45, 2.75) is 12.8 Å². The van der Waals surface area contributed by atoms with Crippen molar-refractivity contribution in [1.29, 1.82) is 0 Å². The molecular formula is C11H10F3N3O. The molecule has 0 amide bonds. The van der Waals surface area contributed by atoms with Gasteiger partial charge in [-0.2, -0.15) is 18.3 Å². The van der Waals surface area contributed by atoms with Crippen LogP contribution in [0.2, 0.25) is 0 Å². The van der Waals surface area contributed by atoms with Gasteiger partial charge in [0.2, 0.25) is 0 Å². The number of halogens is 3. The van der Waals surface area contributed by atoms with Crippen molar-refractivity contribution < 1.29 is 18.3 Å². The molecule has 2 rings (SSSR count). The maximum Gasteiger partial charge on any atom is 0.418 e. The summed E-state index contributed by atoms with van der Waals surface area (Å²) in [4.78, 5) is 0. The fourth-order valence-electron chi connectivity index (χ4n) is 1.60. The van der Waals surface area contributed by atoms with Gasteiger partial charge in [0.05, 0.1) is 24.1 Å². The molecule has 3 N–H and O–H groups in total. The van der Waals surface area contributed by atoms with Crippen LogP contribution in [0.3, 0.4) is 0 Å². The van der Waals surface area contributed by atoms with E-state index in [2.05, 4.69) is 5.10 Å². The summed E-state index contributed by atoms with van der Waals surface area (Å²) in [5.41, 5.74) is 4.92. The molecule has 0 aliphatic heterocycles. The minimum Gasteiger partial charge on any atom is -0.391 e. The molecule has 2 aromatic rings. The van der Waals surface area contributed by atoms with Crippen LogP contribution in [0.4, 0.5) is 19.0 Å². The Kier molecular flexibility index (Phi) is 3.00. The van der Waals surface area contributed by atoms with Gasteiger partial charge in [0.1, 0.15) is 5.82 Å². The van der Waals surface area contributed by atoms with Gasteiger partial charge in [-0.15, -0.1) is 0 Å². The van der Waals surface area contributed by atoms with Gasteiger partial charge in [-0.25, -0.2) is 4.68 Å². The van der Waals surface area contributed by atoms with Crippen LogP contribution >= 0.6 is 0 Å². The first-order valence-electron chi connectivity index (χ1n) is 5.05. The molecule has 1 heterocycles. The third-order valence-electron chi connectivity index (χ3n) is 2.49. The Morgan fingerprint density at radius 1 is 1.28 bits per heavy atom. The van der Waals surface area contributed by atoms with Gasteiger partial charge < -0.3 is 10.8 Å². The molecule has 0 fully saturated rings. The minimum absolute atomic E-state index is 0.00537. The number of nitrogens with zero attached hydrogens (tertiary/aromatic N) is 2. The molecule has 1 aromatic heterocycles. The number of para-hydroxylation sites is 1. The average molecular weight is 257 g/mol. The molecule has 96 valence electrons. The molecule has 0 bridgehead atoms. The van der Waals surface area contributed by atoms with E-state index in [0.29, 0.717) is 0 Å². The Balaban J connectivity index is 2.61. The van der Waals surface area contributed by atoms with Crippen LogP contribution in [0.1, 0.15) is 11.1 Å². The van der Waals surface area contributed by atoms with Crippen LogP contribution < -0.4 is 5.73 Å². The summed E-state index contributed by atoms with van der Waals surface area (Å²) < 4.78 is 39.4. The van der Waals surface area contributed by atoms with E-state index < -0.39 is 11.7 Å². The van der Waals surface area contributed by atoms with Gasteiger partial charge in [-0.1, -0.05) is 12.1 Å². The molecule has 0 saturated heterocycles. The lowest BCUT2D eigenvalue weighted by Gasteiger charge is -2.13. The molecule has 0 radical (unpaired) electrons. The third kappa shape index (κ3) is 2.04. The van der Waals surface area contributed by atoms with Crippen LogP contribution in [0.15, 0.2) is 30.5 Å². The van der Waals surface area contributed by atoms with E-state index in [1.807, 2.05) is 0 Å². The second-order valence-corrected chi connectivity index (χ2v) is 3.64. The smallest absolute Gasteiger partial charge is 0.391 e. The number of nitrogen functional groups attached to an aromatic ring is 1. The molecule has 1 aromatic carbocycles. The minimum atomic E-state index is -4.49. The zero-order valence-corrected chi connectivity index (χ0v) is 9.15. The van der Waals surface area contributed by atoms with Crippen molar-refractivity contribution in [2.75, 3.05) is 5.73 Å². The average Bonchev–Trinajstić information content (AvgIpc) is 2.69. The summed E-state index contributed by atoms with van der Waals surface area (Å²) in [5.74, 6) is -0.00537. The summed E-state index contributed by atoms with van der Waals surface area (Å²) in [6.45, 7) is -0.375. The highest BCUT2D eigenvalue weighted by atomic mass is 19.4. The number of hydrogen-bond acceptors (Lipinski definition) is 3. The van der Waals surface area contributed by atoms with Crippen LogP contribution in [0.25, 0.3) is 5.69 Å². The first kappa shape index (κ1) is 12.4. The fourth-order valence-corrected chi connectivity index (χ4v) is 1.60. The number of aliphatic hydroxyl groups is 1. The molecule has 0 aliphatic carbocycles. The lowest BCUT2D eigenvalue weighted by Crippen LogP contribution is -2.13. The lowest BCUT2D eigenvalue weighted by molar-refractivity contribution is -0.137. The second kappa shape index (κ2) is 4.34. The number of hydrogen-bond donors (Lipinski definition) is 2. The third-order valence-corrected chi connectivity index (χ3v) is 2.49. The van der Waals surface area contributed by atoms with Gasteiger partial charge in [0.25, 0.3) is 0 Å². The predicted octanol–water partition coefficient (Wildman–Crippen LogP) is 1.97. The molecule has 0 aliphatic rings. The molecule has 0 saturated carbocycles. The molecule has 18 heavy (non-hydrogen) atoms. The van der Waals surface area contributed by atoms with Crippen molar-refractivity contribution in [3.63, 3.8) is 0 Å². The number of aromatic nitrogens is 2. The highest BCUT2D eigenvalue weighted by molar-refractivity contribution is 5.51. The van der Waals surface area contributed by atoms with Gasteiger partial charge >= 0.3 is 6.18 Å². The number of rotatable bonds is 2. The topological polar surface area (TPSA) is 64.1 Å². The fraction of sp³-hybridized carbons (Fsp3) is 0.182. The second-order valence-electron chi connectivity index (χ2n) is 3.64. The van der Waals surface area contributed by atoms with Crippen molar-refractivity contribution in [3.05, 3.63) is 41.6 Å². The van der Waals surface area contributed by atoms with Crippen molar-refractivity contribution in [3.8, 4) is 5.69 Å². The van der Waals surface area contributed by atoms with E-state index in [4.69, 9.17) is 10.8 Å². The van der Waals surface area contributed by atoms with Gasteiger partial charge in [-0.05, 0) is 12.1 Å². The molecule has 0 spiro atoms. The maximum atomic E-state index is 12.8. The lowest BCUT2D eigenvalue weighted by atomic mass is 10.1. The van der Waals surface area contributed by atoms with Crippen LogP contribution in [0, 0.1) is 0 Å². The zero-order chi connectivity index (χ0) is 13.3. The summed E-state index contributed by atoms with van der Waals surface area (Å²) in [6.07, 6.45) is -3.25. The van der Waals surface area contributed by atoms with Crippen LogP contribution in [0.5, 0.6) is 0 Å². The SMILES string of the molecule is Nc1c(CO)cnn1-c1ccccc1C(F)(F)F.